The lowest BCUT2D eigenvalue weighted by atomic mass is 9.97. The zero-order valence-corrected chi connectivity index (χ0v) is 17.3. The molecule has 0 saturated carbocycles. The predicted molar refractivity (Wildman–Crippen MR) is 106 cm³/mol. The number of rotatable bonds is 5. The van der Waals surface area contributed by atoms with E-state index in [0.717, 1.165) is 10.9 Å². The summed E-state index contributed by atoms with van der Waals surface area (Å²) in [5, 5.41) is 9.78. The van der Waals surface area contributed by atoms with Crippen molar-refractivity contribution in [3.63, 3.8) is 0 Å². The van der Waals surface area contributed by atoms with Crippen LogP contribution in [0.4, 0.5) is 19.0 Å². The number of halogens is 3. The smallest absolute Gasteiger partial charge is 0.419 e. The van der Waals surface area contributed by atoms with Crippen LogP contribution in [0.15, 0.2) is 40.3 Å². The first kappa shape index (κ1) is 21.3. The Labute approximate surface area is 179 Å². The zero-order valence-electron chi connectivity index (χ0n) is 16.5. The summed E-state index contributed by atoms with van der Waals surface area (Å²) >= 11 is 1.44. The van der Waals surface area contributed by atoms with E-state index in [4.69, 9.17) is 9.15 Å². The Balaban J connectivity index is 1.43. The minimum Gasteiger partial charge on any atom is -0.452 e. The number of pyridine rings is 1. The van der Waals surface area contributed by atoms with Gasteiger partial charge in [0.1, 0.15) is 5.82 Å². The third-order valence-corrected chi connectivity index (χ3v) is 5.82. The summed E-state index contributed by atoms with van der Waals surface area (Å²) in [5.74, 6) is -0.769. The van der Waals surface area contributed by atoms with Crippen molar-refractivity contribution < 1.29 is 27.1 Å². The number of ether oxygens (including phenoxy) is 1. The van der Waals surface area contributed by atoms with Gasteiger partial charge >= 0.3 is 12.1 Å². The maximum atomic E-state index is 13.3. The molecule has 0 spiro atoms. The van der Waals surface area contributed by atoms with E-state index in [1.165, 1.54) is 28.5 Å². The van der Waals surface area contributed by atoms with Crippen LogP contribution in [0.2, 0.25) is 0 Å². The highest BCUT2D eigenvalue weighted by molar-refractivity contribution is 7.13. The summed E-state index contributed by atoms with van der Waals surface area (Å²) in [6.45, 7) is 2.09. The number of hydrogen-bond donors (Lipinski definition) is 0. The van der Waals surface area contributed by atoms with Crippen LogP contribution in [0.25, 0.3) is 10.8 Å². The molecule has 1 fully saturated rings. The Morgan fingerprint density at radius 3 is 2.90 bits per heavy atom. The van der Waals surface area contributed by atoms with E-state index < -0.39 is 29.7 Å². The van der Waals surface area contributed by atoms with Crippen LogP contribution in [0.3, 0.4) is 0 Å². The van der Waals surface area contributed by atoms with Gasteiger partial charge in [-0.15, -0.1) is 21.5 Å². The molecule has 2 unspecified atom stereocenters. The molecule has 0 amide bonds. The van der Waals surface area contributed by atoms with Gasteiger partial charge in [-0.3, -0.25) is 4.79 Å². The fraction of sp³-hybridized carbons (Fsp3) is 0.400. The summed E-state index contributed by atoms with van der Waals surface area (Å²) in [5.41, 5.74) is -0.815. The Morgan fingerprint density at radius 1 is 1.32 bits per heavy atom. The van der Waals surface area contributed by atoms with Gasteiger partial charge < -0.3 is 14.1 Å². The highest BCUT2D eigenvalue weighted by Crippen LogP contribution is 2.36. The van der Waals surface area contributed by atoms with Crippen LogP contribution in [-0.2, 0) is 15.7 Å². The van der Waals surface area contributed by atoms with Crippen LogP contribution >= 0.6 is 11.3 Å². The lowest BCUT2D eigenvalue weighted by Gasteiger charge is -2.34. The normalized spacial score (nSPS) is 18.1. The highest BCUT2D eigenvalue weighted by atomic mass is 32.1. The van der Waals surface area contributed by atoms with E-state index in [9.17, 15) is 18.0 Å². The molecule has 1 aliphatic rings. The Bertz CT molecular complexity index is 1040. The van der Waals surface area contributed by atoms with Crippen molar-refractivity contribution >= 4 is 23.1 Å². The second-order valence-electron chi connectivity index (χ2n) is 7.16. The summed E-state index contributed by atoms with van der Waals surface area (Å²) in [6, 6.07) is 5.93. The highest BCUT2D eigenvalue weighted by Gasteiger charge is 2.38. The molecule has 0 aliphatic carbocycles. The van der Waals surface area contributed by atoms with Crippen molar-refractivity contribution in [3.05, 3.63) is 47.3 Å². The number of esters is 1. The van der Waals surface area contributed by atoms with E-state index in [-0.39, 0.29) is 18.3 Å². The lowest BCUT2D eigenvalue weighted by Crippen LogP contribution is -2.41. The maximum Gasteiger partial charge on any atom is 0.419 e. The van der Waals surface area contributed by atoms with Crippen LogP contribution in [0.1, 0.15) is 37.3 Å². The molecule has 0 radical (unpaired) electrons. The average Bonchev–Trinajstić information content (AvgIpc) is 3.45. The molecule has 1 aliphatic heterocycles. The molecular formula is C20H19F3N4O3S. The number of anilines is 1. The molecule has 164 valence electrons. The standard InChI is InChI=1S/C20H19F3N4O3S/c1-12(17-25-26-18(30-17)15-7-4-10-31-15)29-19(28)13-5-3-9-27(11-13)16-14(20(21,22)23)6-2-8-24-16/h2,4,6-8,10,12-13H,3,5,9,11H2,1H3. The van der Waals surface area contributed by atoms with Crippen LogP contribution in [-0.4, -0.2) is 34.2 Å². The van der Waals surface area contributed by atoms with E-state index >= 15 is 0 Å². The zero-order chi connectivity index (χ0) is 22.0. The summed E-state index contributed by atoms with van der Waals surface area (Å²) in [7, 11) is 0. The van der Waals surface area contributed by atoms with Gasteiger partial charge in [-0.05, 0) is 43.3 Å². The van der Waals surface area contributed by atoms with Crippen molar-refractivity contribution in [1.29, 1.82) is 0 Å². The number of nitrogens with zero attached hydrogens (tertiary/aromatic N) is 4. The van der Waals surface area contributed by atoms with Crippen molar-refractivity contribution in [1.82, 2.24) is 15.2 Å². The molecule has 4 rings (SSSR count). The molecule has 0 aromatic carbocycles. The predicted octanol–water partition coefficient (Wildman–Crippen LogP) is 4.73. The van der Waals surface area contributed by atoms with Gasteiger partial charge in [0.25, 0.3) is 11.8 Å². The molecule has 11 heteroatoms. The number of aromatic nitrogens is 3. The van der Waals surface area contributed by atoms with E-state index in [0.29, 0.717) is 25.3 Å². The molecule has 0 bridgehead atoms. The minimum atomic E-state index is -4.52. The van der Waals surface area contributed by atoms with E-state index in [1.54, 1.807) is 6.92 Å². The number of hydrogen-bond acceptors (Lipinski definition) is 8. The molecule has 3 aromatic rings. The van der Waals surface area contributed by atoms with Crippen LogP contribution in [0, 0.1) is 5.92 Å². The Morgan fingerprint density at radius 2 is 2.16 bits per heavy atom. The third-order valence-electron chi connectivity index (χ3n) is 4.96. The van der Waals surface area contributed by atoms with Crippen molar-refractivity contribution in [2.24, 2.45) is 5.92 Å². The van der Waals surface area contributed by atoms with Gasteiger partial charge in [0.15, 0.2) is 6.10 Å². The minimum absolute atomic E-state index is 0.0932. The fourth-order valence-corrected chi connectivity index (χ4v) is 4.10. The van der Waals surface area contributed by atoms with Crippen molar-refractivity contribution in [3.8, 4) is 10.8 Å². The number of alkyl halides is 3. The summed E-state index contributed by atoms with van der Waals surface area (Å²) in [4.78, 5) is 18.9. The molecule has 1 saturated heterocycles. The van der Waals surface area contributed by atoms with Gasteiger partial charge in [0.2, 0.25) is 0 Å². The van der Waals surface area contributed by atoms with E-state index in [2.05, 4.69) is 15.2 Å². The first-order chi connectivity index (χ1) is 14.8. The molecule has 0 N–H and O–H groups in total. The molecule has 31 heavy (non-hydrogen) atoms. The van der Waals surface area contributed by atoms with E-state index in [1.807, 2.05) is 17.5 Å². The second-order valence-corrected chi connectivity index (χ2v) is 8.11. The second kappa shape index (κ2) is 8.66. The average molecular weight is 452 g/mol. The van der Waals surface area contributed by atoms with Gasteiger partial charge in [0, 0.05) is 19.3 Å². The topological polar surface area (TPSA) is 81.4 Å². The first-order valence-electron chi connectivity index (χ1n) is 9.68. The SMILES string of the molecule is CC(OC(=O)C1CCCN(c2ncccc2C(F)(F)F)C1)c1nnc(-c2cccs2)o1. The summed E-state index contributed by atoms with van der Waals surface area (Å²) in [6.07, 6.45) is -2.92. The number of carbonyl (C=O) groups excluding carboxylic acids is 1. The Kier molecular flexibility index (Phi) is 5.94. The molecule has 2 atom stereocenters. The molecular weight excluding hydrogens is 433 g/mol. The van der Waals surface area contributed by atoms with Crippen LogP contribution in [0.5, 0.6) is 0 Å². The van der Waals surface area contributed by atoms with Crippen LogP contribution < -0.4 is 4.90 Å². The molecule has 4 heterocycles. The number of thiophene rings is 1. The number of piperidine rings is 1. The quantitative estimate of drug-likeness (QED) is 0.518. The fourth-order valence-electron chi connectivity index (χ4n) is 3.45. The lowest BCUT2D eigenvalue weighted by molar-refractivity contribution is -0.155. The largest absolute Gasteiger partial charge is 0.452 e. The maximum absolute atomic E-state index is 13.3. The van der Waals surface area contributed by atoms with Crippen molar-refractivity contribution in [2.45, 2.75) is 32.0 Å². The Hall–Kier alpha value is -2.95. The van der Waals surface area contributed by atoms with Gasteiger partial charge in [-0.2, -0.15) is 13.2 Å². The van der Waals surface area contributed by atoms with Gasteiger partial charge in [0.05, 0.1) is 16.4 Å². The molecule has 7 nitrogen and oxygen atoms in total. The molecule has 3 aromatic heterocycles. The summed E-state index contributed by atoms with van der Waals surface area (Å²) < 4.78 is 51.1. The van der Waals surface area contributed by atoms with Crippen molar-refractivity contribution in [2.75, 3.05) is 18.0 Å². The third kappa shape index (κ3) is 4.71. The first-order valence-corrected chi connectivity index (χ1v) is 10.6. The van der Waals surface area contributed by atoms with Gasteiger partial charge in [-0.1, -0.05) is 6.07 Å². The number of carbonyl (C=O) groups is 1. The monoisotopic (exact) mass is 452 g/mol. The van der Waals surface area contributed by atoms with Gasteiger partial charge in [-0.25, -0.2) is 4.98 Å².